The van der Waals surface area contributed by atoms with Gasteiger partial charge in [-0.2, -0.15) is 5.10 Å². The maximum Gasteiger partial charge on any atom is 0.264 e. The summed E-state index contributed by atoms with van der Waals surface area (Å²) in [6, 6.07) is 18.6. The van der Waals surface area contributed by atoms with Crippen molar-refractivity contribution in [2.75, 3.05) is 25.1 Å². The number of ether oxygens (including phenoxy) is 2. The molecule has 34 heavy (non-hydrogen) atoms. The zero-order valence-electron chi connectivity index (χ0n) is 19.5. The van der Waals surface area contributed by atoms with Gasteiger partial charge in [0, 0.05) is 0 Å². The highest BCUT2D eigenvalue weighted by Crippen LogP contribution is 2.28. The van der Waals surface area contributed by atoms with Gasteiger partial charge in [-0.1, -0.05) is 35.9 Å². The minimum absolute atomic E-state index is 0.0941. The molecule has 178 valence electrons. The van der Waals surface area contributed by atoms with Crippen molar-refractivity contribution in [1.82, 2.24) is 5.43 Å². The maximum atomic E-state index is 13.4. The monoisotopic (exact) mass is 481 g/mol. The summed E-state index contributed by atoms with van der Waals surface area (Å²) >= 11 is 0. The van der Waals surface area contributed by atoms with Crippen molar-refractivity contribution >= 4 is 27.8 Å². The molecule has 3 aromatic rings. The van der Waals surface area contributed by atoms with Crippen molar-refractivity contribution in [2.45, 2.75) is 18.7 Å². The molecule has 0 aliphatic rings. The van der Waals surface area contributed by atoms with Crippen molar-refractivity contribution in [1.29, 1.82) is 0 Å². The Morgan fingerprint density at radius 3 is 2.32 bits per heavy atom. The van der Waals surface area contributed by atoms with E-state index in [0.717, 1.165) is 15.4 Å². The van der Waals surface area contributed by atoms with E-state index in [1.54, 1.807) is 42.5 Å². The number of hydrazone groups is 1. The second kappa shape index (κ2) is 10.8. The van der Waals surface area contributed by atoms with Gasteiger partial charge in [0.1, 0.15) is 6.54 Å². The number of amides is 1. The molecule has 0 saturated carbocycles. The standard InChI is InChI=1S/C25H27N3O5S/c1-18-10-12-22(19(2)14-18)28(34(30,31)21-8-6-5-7-9-21)17-25(29)27-26-16-20-11-13-23(32-3)24(15-20)33-4/h5-16H,17H2,1-4H3,(H,27,29). The van der Waals surface area contributed by atoms with Gasteiger partial charge in [0.2, 0.25) is 0 Å². The summed E-state index contributed by atoms with van der Waals surface area (Å²) in [5.74, 6) is 0.503. The molecule has 1 amide bonds. The van der Waals surface area contributed by atoms with Gasteiger partial charge in [-0.25, -0.2) is 13.8 Å². The Kier molecular flexibility index (Phi) is 7.91. The number of aryl methyl sites for hydroxylation is 2. The first-order valence-corrected chi connectivity index (χ1v) is 11.9. The fourth-order valence-corrected chi connectivity index (χ4v) is 4.89. The van der Waals surface area contributed by atoms with E-state index in [1.807, 2.05) is 26.0 Å². The lowest BCUT2D eigenvalue weighted by Gasteiger charge is -2.25. The molecule has 0 saturated heterocycles. The van der Waals surface area contributed by atoms with Crippen LogP contribution in [-0.2, 0) is 14.8 Å². The Hall–Kier alpha value is -3.85. The number of anilines is 1. The third kappa shape index (κ3) is 5.74. The van der Waals surface area contributed by atoms with Crippen molar-refractivity contribution in [3.8, 4) is 11.5 Å². The summed E-state index contributed by atoms with van der Waals surface area (Å²) in [4.78, 5) is 12.8. The fourth-order valence-electron chi connectivity index (χ4n) is 3.38. The highest BCUT2D eigenvalue weighted by atomic mass is 32.2. The van der Waals surface area contributed by atoms with Gasteiger partial charge < -0.3 is 9.47 Å². The summed E-state index contributed by atoms with van der Waals surface area (Å²) < 4.78 is 38.4. The molecule has 0 heterocycles. The largest absolute Gasteiger partial charge is 0.493 e. The van der Waals surface area contributed by atoms with Crippen LogP contribution in [0.2, 0.25) is 0 Å². The smallest absolute Gasteiger partial charge is 0.264 e. The van der Waals surface area contributed by atoms with Crippen LogP contribution in [0.15, 0.2) is 76.7 Å². The second-order valence-corrected chi connectivity index (χ2v) is 9.38. The van der Waals surface area contributed by atoms with E-state index in [-0.39, 0.29) is 4.90 Å². The van der Waals surface area contributed by atoms with Crippen LogP contribution in [0.5, 0.6) is 11.5 Å². The van der Waals surface area contributed by atoms with Crippen LogP contribution in [0.4, 0.5) is 5.69 Å². The summed E-state index contributed by atoms with van der Waals surface area (Å²) in [7, 11) is -0.927. The van der Waals surface area contributed by atoms with Crippen LogP contribution in [-0.4, -0.2) is 41.3 Å². The Bertz CT molecular complexity index is 1290. The molecule has 9 heteroatoms. The molecule has 0 bridgehead atoms. The first-order chi connectivity index (χ1) is 16.3. The van der Waals surface area contributed by atoms with E-state index in [9.17, 15) is 13.2 Å². The highest BCUT2D eigenvalue weighted by Gasteiger charge is 2.28. The Labute approximate surface area is 199 Å². The SMILES string of the molecule is COc1ccc(C=NNC(=O)CN(c2ccc(C)cc2C)S(=O)(=O)c2ccccc2)cc1OC. The molecule has 0 fully saturated rings. The van der Waals surface area contributed by atoms with Crippen LogP contribution in [0, 0.1) is 13.8 Å². The van der Waals surface area contributed by atoms with Crippen LogP contribution in [0.1, 0.15) is 16.7 Å². The van der Waals surface area contributed by atoms with E-state index in [0.29, 0.717) is 22.7 Å². The van der Waals surface area contributed by atoms with Crippen molar-refractivity contribution in [3.63, 3.8) is 0 Å². The van der Waals surface area contributed by atoms with Crippen molar-refractivity contribution < 1.29 is 22.7 Å². The Morgan fingerprint density at radius 1 is 0.971 bits per heavy atom. The number of carbonyl (C=O) groups excluding carboxylic acids is 1. The predicted molar refractivity (Wildman–Crippen MR) is 132 cm³/mol. The van der Waals surface area contributed by atoms with E-state index in [4.69, 9.17) is 9.47 Å². The summed E-state index contributed by atoms with van der Waals surface area (Å²) in [6.07, 6.45) is 1.44. The lowest BCUT2D eigenvalue weighted by Crippen LogP contribution is -2.40. The number of hydrogen-bond donors (Lipinski definition) is 1. The number of benzene rings is 3. The van der Waals surface area contributed by atoms with Gasteiger partial charge >= 0.3 is 0 Å². The zero-order valence-corrected chi connectivity index (χ0v) is 20.3. The number of carbonyl (C=O) groups is 1. The predicted octanol–water partition coefficient (Wildman–Crippen LogP) is 3.67. The van der Waals surface area contributed by atoms with Gasteiger partial charge in [0.05, 0.1) is 31.0 Å². The average molecular weight is 482 g/mol. The lowest BCUT2D eigenvalue weighted by atomic mass is 10.1. The molecule has 1 N–H and O–H groups in total. The molecule has 0 atom stereocenters. The van der Waals surface area contributed by atoms with Gasteiger partial charge in [-0.3, -0.25) is 9.10 Å². The average Bonchev–Trinajstić information content (AvgIpc) is 2.83. The molecule has 0 unspecified atom stereocenters. The van der Waals surface area contributed by atoms with Crippen LogP contribution < -0.4 is 19.2 Å². The molecule has 0 spiro atoms. The van der Waals surface area contributed by atoms with Crippen LogP contribution in [0.25, 0.3) is 0 Å². The first-order valence-electron chi connectivity index (χ1n) is 10.4. The zero-order chi connectivity index (χ0) is 24.7. The highest BCUT2D eigenvalue weighted by molar-refractivity contribution is 7.92. The van der Waals surface area contributed by atoms with Gasteiger partial charge in [-0.05, 0) is 61.4 Å². The van der Waals surface area contributed by atoms with Crippen molar-refractivity contribution in [3.05, 3.63) is 83.4 Å². The molecular weight excluding hydrogens is 454 g/mol. The third-order valence-electron chi connectivity index (χ3n) is 5.05. The minimum Gasteiger partial charge on any atom is -0.493 e. The van der Waals surface area contributed by atoms with E-state index < -0.39 is 22.5 Å². The number of hydrogen-bond acceptors (Lipinski definition) is 6. The second-order valence-electron chi connectivity index (χ2n) is 7.52. The minimum atomic E-state index is -3.99. The third-order valence-corrected chi connectivity index (χ3v) is 6.82. The normalized spacial score (nSPS) is 11.3. The van der Waals surface area contributed by atoms with Crippen LogP contribution >= 0.6 is 0 Å². The maximum absolute atomic E-state index is 13.4. The molecule has 0 aliphatic carbocycles. The van der Waals surface area contributed by atoms with E-state index in [1.165, 1.54) is 32.6 Å². The number of nitrogens with zero attached hydrogens (tertiary/aromatic N) is 2. The van der Waals surface area contributed by atoms with Gasteiger partial charge in [-0.15, -0.1) is 0 Å². The van der Waals surface area contributed by atoms with E-state index in [2.05, 4.69) is 10.5 Å². The first kappa shape index (κ1) is 24.8. The molecule has 3 aromatic carbocycles. The quantitative estimate of drug-likeness (QED) is 0.372. The number of rotatable bonds is 9. The molecule has 0 aliphatic heterocycles. The molecule has 0 radical (unpaired) electrons. The number of methoxy groups -OCH3 is 2. The summed E-state index contributed by atoms with van der Waals surface area (Å²) in [5.41, 5.74) is 5.22. The lowest BCUT2D eigenvalue weighted by molar-refractivity contribution is -0.119. The topological polar surface area (TPSA) is 97.3 Å². The van der Waals surface area contributed by atoms with Crippen molar-refractivity contribution in [2.24, 2.45) is 5.10 Å². The van der Waals surface area contributed by atoms with Gasteiger partial charge in [0.15, 0.2) is 11.5 Å². The molecule has 8 nitrogen and oxygen atoms in total. The molecule has 0 aromatic heterocycles. The number of sulfonamides is 1. The summed E-state index contributed by atoms with van der Waals surface area (Å²) in [6.45, 7) is 3.29. The molecular formula is C25H27N3O5S. The van der Waals surface area contributed by atoms with Crippen LogP contribution in [0.3, 0.4) is 0 Å². The fraction of sp³-hybridized carbons (Fsp3) is 0.200. The van der Waals surface area contributed by atoms with E-state index >= 15 is 0 Å². The Balaban J connectivity index is 1.84. The summed E-state index contributed by atoms with van der Waals surface area (Å²) in [5, 5.41) is 3.97. The Morgan fingerprint density at radius 2 is 1.68 bits per heavy atom. The number of nitrogens with one attached hydrogen (secondary N) is 1. The van der Waals surface area contributed by atoms with Gasteiger partial charge in [0.25, 0.3) is 15.9 Å². The molecule has 3 rings (SSSR count).